The van der Waals surface area contributed by atoms with E-state index in [2.05, 4.69) is 5.32 Å². The Bertz CT molecular complexity index is 1020. The highest BCUT2D eigenvalue weighted by Gasteiger charge is 2.29. The number of benzene rings is 2. The minimum absolute atomic E-state index is 0.0126. The van der Waals surface area contributed by atoms with Crippen molar-refractivity contribution in [1.29, 1.82) is 0 Å². The van der Waals surface area contributed by atoms with Crippen LogP contribution in [0.15, 0.2) is 42.5 Å². The molecule has 2 aromatic rings. The Morgan fingerprint density at radius 3 is 2.48 bits per heavy atom. The first-order chi connectivity index (χ1) is 15.4. The summed E-state index contributed by atoms with van der Waals surface area (Å²) in [6.07, 6.45) is 0. The van der Waals surface area contributed by atoms with Crippen molar-refractivity contribution in [2.24, 2.45) is 0 Å². The van der Waals surface area contributed by atoms with Crippen molar-refractivity contribution < 1.29 is 24.0 Å². The molecule has 33 heavy (non-hydrogen) atoms. The number of methoxy groups -OCH3 is 1. The third kappa shape index (κ3) is 7.64. The monoisotopic (exact) mass is 477 g/mol. The lowest BCUT2D eigenvalue weighted by atomic mass is 10.1. The number of ether oxygens (including phenoxy) is 2. The lowest BCUT2D eigenvalue weighted by Gasteiger charge is -2.31. The van der Waals surface area contributed by atoms with Gasteiger partial charge in [0.05, 0.1) is 12.0 Å². The van der Waals surface area contributed by atoms with Gasteiger partial charge in [-0.15, -0.1) is 0 Å². The lowest BCUT2D eigenvalue weighted by molar-refractivity contribution is -0.385. The Hall–Kier alpha value is -3.33. The second-order valence-corrected chi connectivity index (χ2v) is 8.88. The van der Waals surface area contributed by atoms with Gasteiger partial charge in [0.1, 0.15) is 11.8 Å². The van der Waals surface area contributed by atoms with Crippen LogP contribution in [0.25, 0.3) is 0 Å². The number of hydrogen-bond acceptors (Lipinski definition) is 6. The first-order valence-corrected chi connectivity index (χ1v) is 10.6. The van der Waals surface area contributed by atoms with Crippen LogP contribution in [-0.2, 0) is 16.1 Å². The molecule has 9 nitrogen and oxygen atoms in total. The molecule has 0 aromatic heterocycles. The molecule has 0 bridgehead atoms. The molecule has 0 radical (unpaired) electrons. The molecular formula is C23H28ClN3O6. The largest absolute Gasteiger partial charge is 0.490 e. The summed E-state index contributed by atoms with van der Waals surface area (Å²) in [6, 6.07) is 10.2. The second kappa shape index (κ2) is 11.0. The standard InChI is InChI=1S/C23H28ClN3O6/c1-15(22(29)25-23(2,3)4)26(13-16-7-6-8-17(24)11-16)21(28)14-33-18-9-10-19(27(30)31)20(12-18)32-5/h6-12,15H,13-14H2,1-5H3,(H,25,29)/t15-/m1/s1. The average Bonchev–Trinajstić information content (AvgIpc) is 2.73. The predicted octanol–water partition coefficient (Wildman–Crippen LogP) is 3.97. The molecule has 178 valence electrons. The molecule has 0 unspecified atom stereocenters. The van der Waals surface area contributed by atoms with Gasteiger partial charge in [-0.25, -0.2) is 0 Å². The minimum atomic E-state index is -0.786. The van der Waals surface area contributed by atoms with Gasteiger partial charge >= 0.3 is 5.69 Å². The van der Waals surface area contributed by atoms with E-state index in [1.54, 1.807) is 25.1 Å². The number of nitro benzene ring substituents is 1. The van der Waals surface area contributed by atoms with Crippen LogP contribution in [0.2, 0.25) is 5.02 Å². The number of rotatable bonds is 9. The van der Waals surface area contributed by atoms with Gasteiger partial charge in [0.2, 0.25) is 11.7 Å². The summed E-state index contributed by atoms with van der Waals surface area (Å²) in [5.41, 5.74) is 0.0663. The van der Waals surface area contributed by atoms with Crippen molar-refractivity contribution in [3.8, 4) is 11.5 Å². The summed E-state index contributed by atoms with van der Waals surface area (Å²) in [7, 11) is 1.31. The normalized spacial score (nSPS) is 11.9. The third-order valence-corrected chi connectivity index (χ3v) is 4.85. The fraction of sp³-hybridized carbons (Fsp3) is 0.391. The molecule has 0 aliphatic carbocycles. The van der Waals surface area contributed by atoms with Crippen LogP contribution in [-0.4, -0.2) is 46.9 Å². The molecule has 0 spiro atoms. The molecule has 0 aliphatic rings. The van der Waals surface area contributed by atoms with Crippen molar-refractivity contribution in [2.75, 3.05) is 13.7 Å². The molecule has 2 aromatic carbocycles. The SMILES string of the molecule is COc1cc(OCC(=O)N(Cc2cccc(Cl)c2)[C@H](C)C(=O)NC(C)(C)C)ccc1[N+](=O)[O-]. The first kappa shape index (κ1) is 25.9. The van der Waals surface area contributed by atoms with Crippen LogP contribution in [0.4, 0.5) is 5.69 Å². The van der Waals surface area contributed by atoms with E-state index in [1.807, 2.05) is 26.8 Å². The zero-order chi connectivity index (χ0) is 24.8. The number of carbonyl (C=O) groups excluding carboxylic acids is 2. The number of nitrogens with one attached hydrogen (secondary N) is 1. The maximum absolute atomic E-state index is 13.1. The molecule has 0 aliphatic heterocycles. The Labute approximate surface area is 197 Å². The molecule has 2 amide bonds. The van der Waals surface area contributed by atoms with Gasteiger partial charge in [0, 0.05) is 29.2 Å². The zero-order valence-electron chi connectivity index (χ0n) is 19.3. The van der Waals surface area contributed by atoms with E-state index >= 15 is 0 Å². The number of halogens is 1. The molecule has 0 heterocycles. The van der Waals surface area contributed by atoms with Crippen LogP contribution < -0.4 is 14.8 Å². The van der Waals surface area contributed by atoms with Gasteiger partial charge in [-0.1, -0.05) is 23.7 Å². The smallest absolute Gasteiger partial charge is 0.311 e. The highest BCUT2D eigenvalue weighted by molar-refractivity contribution is 6.30. The van der Waals surface area contributed by atoms with Gasteiger partial charge in [-0.05, 0) is 51.5 Å². The molecule has 0 fully saturated rings. The van der Waals surface area contributed by atoms with Gasteiger partial charge in [0.15, 0.2) is 6.61 Å². The summed E-state index contributed by atoms with van der Waals surface area (Å²) in [6.45, 7) is 6.96. The van der Waals surface area contributed by atoms with E-state index in [0.717, 1.165) is 5.56 Å². The highest BCUT2D eigenvalue weighted by atomic mass is 35.5. The summed E-state index contributed by atoms with van der Waals surface area (Å²) in [5, 5.41) is 14.5. The topological polar surface area (TPSA) is 111 Å². The van der Waals surface area contributed by atoms with E-state index < -0.39 is 22.4 Å². The number of amides is 2. The van der Waals surface area contributed by atoms with Crippen LogP contribution in [0.1, 0.15) is 33.3 Å². The minimum Gasteiger partial charge on any atom is -0.490 e. The van der Waals surface area contributed by atoms with E-state index in [1.165, 1.54) is 30.2 Å². The Morgan fingerprint density at radius 1 is 1.21 bits per heavy atom. The van der Waals surface area contributed by atoms with Crippen molar-refractivity contribution >= 4 is 29.1 Å². The summed E-state index contributed by atoms with van der Waals surface area (Å²) >= 11 is 6.07. The van der Waals surface area contributed by atoms with Gasteiger partial charge < -0.3 is 19.7 Å². The predicted molar refractivity (Wildman–Crippen MR) is 125 cm³/mol. The zero-order valence-corrected chi connectivity index (χ0v) is 20.0. The molecular weight excluding hydrogens is 450 g/mol. The maximum Gasteiger partial charge on any atom is 0.311 e. The van der Waals surface area contributed by atoms with Gasteiger partial charge in [-0.3, -0.25) is 19.7 Å². The number of nitrogens with zero attached hydrogens (tertiary/aromatic N) is 2. The van der Waals surface area contributed by atoms with E-state index in [-0.39, 0.29) is 36.2 Å². The van der Waals surface area contributed by atoms with Crippen molar-refractivity contribution in [2.45, 2.75) is 45.8 Å². The lowest BCUT2D eigenvalue weighted by Crippen LogP contribution is -2.53. The Kier molecular flexibility index (Phi) is 8.64. The third-order valence-electron chi connectivity index (χ3n) is 4.62. The molecule has 0 saturated carbocycles. The fourth-order valence-electron chi connectivity index (χ4n) is 3.02. The number of carbonyl (C=O) groups is 2. The number of nitro groups is 1. The van der Waals surface area contributed by atoms with Crippen LogP contribution >= 0.6 is 11.6 Å². The quantitative estimate of drug-likeness (QED) is 0.432. The molecule has 2 rings (SSSR count). The van der Waals surface area contributed by atoms with Crippen LogP contribution in [0, 0.1) is 10.1 Å². The first-order valence-electron chi connectivity index (χ1n) is 10.2. The van der Waals surface area contributed by atoms with Crippen LogP contribution in [0.3, 0.4) is 0 Å². The summed E-state index contributed by atoms with van der Waals surface area (Å²) < 4.78 is 10.6. The summed E-state index contributed by atoms with van der Waals surface area (Å²) in [5.74, 6) is -0.516. The van der Waals surface area contributed by atoms with Crippen molar-refractivity contribution in [3.63, 3.8) is 0 Å². The highest BCUT2D eigenvalue weighted by Crippen LogP contribution is 2.30. The van der Waals surface area contributed by atoms with E-state index in [9.17, 15) is 19.7 Å². The molecule has 10 heteroatoms. The Balaban J connectivity index is 2.22. The number of hydrogen-bond donors (Lipinski definition) is 1. The molecule has 1 N–H and O–H groups in total. The van der Waals surface area contributed by atoms with Gasteiger partial charge in [-0.2, -0.15) is 0 Å². The van der Waals surface area contributed by atoms with E-state index in [0.29, 0.717) is 5.02 Å². The summed E-state index contributed by atoms with van der Waals surface area (Å²) in [4.78, 5) is 37.7. The molecule has 1 atom stereocenters. The second-order valence-electron chi connectivity index (χ2n) is 8.45. The van der Waals surface area contributed by atoms with Crippen LogP contribution in [0.5, 0.6) is 11.5 Å². The van der Waals surface area contributed by atoms with Gasteiger partial charge in [0.25, 0.3) is 5.91 Å². The van der Waals surface area contributed by atoms with Crippen molar-refractivity contribution in [3.05, 3.63) is 63.2 Å². The average molecular weight is 478 g/mol. The van der Waals surface area contributed by atoms with E-state index in [4.69, 9.17) is 21.1 Å². The Morgan fingerprint density at radius 2 is 1.91 bits per heavy atom. The molecule has 0 saturated heterocycles. The maximum atomic E-state index is 13.1. The fourth-order valence-corrected chi connectivity index (χ4v) is 3.23. The van der Waals surface area contributed by atoms with Crippen molar-refractivity contribution in [1.82, 2.24) is 10.2 Å².